The van der Waals surface area contributed by atoms with Crippen LogP contribution in [0, 0.1) is 0 Å². The normalized spacial score (nSPS) is 12.0. The number of allylic oxidation sites excluding steroid dienone is 8. The van der Waals surface area contributed by atoms with Gasteiger partial charge in [-0.2, -0.15) is 0 Å². The average molecular weight is 511 g/mol. The molecule has 192 valence electrons. The first kappa shape index (κ1) is 29.7. The zero-order chi connectivity index (χ0) is 26.9. The number of carboxylic acid groups (broad SMARTS) is 1. The smallest absolute Gasteiger partial charge is 0.115 e. The summed E-state index contributed by atoms with van der Waals surface area (Å²) in [5, 5.41) is 12.5. The summed E-state index contributed by atoms with van der Waals surface area (Å²) in [7, 11) is -1.81. The minimum Gasteiger partial charge on any atom is -0.554 e. The van der Waals surface area contributed by atoms with Crippen molar-refractivity contribution in [2.75, 3.05) is 6.16 Å². The summed E-state index contributed by atoms with van der Waals surface area (Å²) in [5.74, 6) is 0. The fraction of sp³-hybridized carbons (Fsp3) is 0.206. The van der Waals surface area contributed by atoms with Crippen LogP contribution in [-0.4, -0.2) is 12.6 Å². The molecule has 0 aliphatic rings. The van der Waals surface area contributed by atoms with Crippen LogP contribution in [0.15, 0.2) is 138 Å². The molecule has 0 heterocycles. The summed E-state index contributed by atoms with van der Waals surface area (Å²) < 4.78 is 0. The molecule has 0 aromatic heterocycles. The maximum Gasteiger partial charge on any atom is 0.115 e. The number of benzene rings is 3. The Bertz CT molecular complexity index is 1090. The largest absolute Gasteiger partial charge is 0.554 e. The minimum atomic E-state index is -1.81. The molecule has 0 atom stereocenters. The molecular weight excluding hydrogens is 471 g/mol. The second kappa shape index (κ2) is 16.3. The van der Waals surface area contributed by atoms with Crippen LogP contribution in [0.25, 0.3) is 0 Å². The molecule has 0 bridgehead atoms. The Balaban J connectivity index is 0.00000153. The van der Waals surface area contributed by atoms with E-state index in [0.717, 1.165) is 19.0 Å². The van der Waals surface area contributed by atoms with Crippen LogP contribution >= 0.6 is 7.26 Å². The second-order valence-corrected chi connectivity index (χ2v) is 12.8. The average Bonchev–Trinajstić information content (AvgIpc) is 2.91. The molecule has 3 aromatic carbocycles. The van der Waals surface area contributed by atoms with Crippen molar-refractivity contribution in [3.8, 4) is 0 Å². The lowest BCUT2D eigenvalue weighted by molar-refractivity contribution is -0.283. The molecule has 0 aliphatic heterocycles. The van der Waals surface area contributed by atoms with Gasteiger partial charge in [-0.05, 0) is 83.0 Å². The van der Waals surface area contributed by atoms with E-state index in [1.54, 1.807) is 0 Å². The van der Waals surface area contributed by atoms with Gasteiger partial charge in [0.05, 0.1) is 6.16 Å². The SMILES string of the molecule is CC(C)=CCC/C(C)=C/C=C/C(C)=C/C[P+](c1ccccc1)(c1ccccc1)c1ccccc1.O=C[O-]. The zero-order valence-electron chi connectivity index (χ0n) is 22.5. The highest BCUT2D eigenvalue weighted by atomic mass is 31.2. The molecular formula is C34H39O2P. The highest BCUT2D eigenvalue weighted by Gasteiger charge is 2.44. The topological polar surface area (TPSA) is 40.1 Å². The summed E-state index contributed by atoms with van der Waals surface area (Å²) in [4.78, 5) is 8.25. The third kappa shape index (κ3) is 9.48. The van der Waals surface area contributed by atoms with Gasteiger partial charge in [-0.15, -0.1) is 0 Å². The summed E-state index contributed by atoms with van der Waals surface area (Å²) >= 11 is 0. The second-order valence-electron chi connectivity index (χ2n) is 9.24. The molecule has 3 aromatic rings. The maximum atomic E-state index is 8.25. The molecule has 3 rings (SSSR count). The summed E-state index contributed by atoms with van der Waals surface area (Å²) in [6.45, 7) is 8.27. The molecule has 0 saturated heterocycles. The van der Waals surface area contributed by atoms with E-state index in [1.807, 2.05) is 0 Å². The number of hydrogen-bond acceptors (Lipinski definition) is 2. The van der Waals surface area contributed by atoms with Crippen LogP contribution in [0.3, 0.4) is 0 Å². The highest BCUT2D eigenvalue weighted by Crippen LogP contribution is 2.55. The summed E-state index contributed by atoms with van der Waals surface area (Å²) in [6, 6.07) is 33.3. The van der Waals surface area contributed by atoms with Crippen LogP contribution in [-0.2, 0) is 4.79 Å². The lowest BCUT2D eigenvalue weighted by Gasteiger charge is -2.26. The Hall–Kier alpha value is -3.48. The first-order valence-corrected chi connectivity index (χ1v) is 14.7. The third-order valence-electron chi connectivity index (χ3n) is 6.11. The molecule has 0 N–H and O–H groups in total. The van der Waals surface area contributed by atoms with Crippen LogP contribution in [0.2, 0.25) is 0 Å². The molecule has 37 heavy (non-hydrogen) atoms. The van der Waals surface area contributed by atoms with Gasteiger partial charge in [0.1, 0.15) is 23.2 Å². The Morgan fingerprint density at radius 2 is 1.16 bits per heavy atom. The predicted molar refractivity (Wildman–Crippen MR) is 161 cm³/mol. The first-order valence-electron chi connectivity index (χ1n) is 12.7. The Kier molecular flexibility index (Phi) is 13.1. The Morgan fingerprint density at radius 3 is 1.57 bits per heavy atom. The maximum absolute atomic E-state index is 8.25. The third-order valence-corrected chi connectivity index (χ3v) is 10.4. The standard InChI is InChI=1S/C33H38P.CH2O2/c1-28(2)16-14-17-29(3)18-15-19-30(4)26-27-34(31-20-8-5-9-21-31,32-22-10-6-11-23-32)33-24-12-7-13-25-33;2-1-3/h5-13,15-16,18-26H,14,17,27H2,1-4H3;1H,(H,2,3)/q+1;/p-1/b19-15+,29-18+,30-26+;. The summed E-state index contributed by atoms with van der Waals surface area (Å²) in [5.41, 5.74) is 4.12. The van der Waals surface area contributed by atoms with E-state index >= 15 is 0 Å². The molecule has 0 unspecified atom stereocenters. The van der Waals surface area contributed by atoms with E-state index < -0.39 is 13.7 Å². The van der Waals surface area contributed by atoms with E-state index in [4.69, 9.17) is 9.90 Å². The van der Waals surface area contributed by atoms with Gasteiger partial charge in [0.25, 0.3) is 0 Å². The first-order chi connectivity index (χ1) is 17.9. The van der Waals surface area contributed by atoms with Crippen molar-refractivity contribution in [2.45, 2.75) is 40.5 Å². The quantitative estimate of drug-likeness (QED) is 0.134. The van der Waals surface area contributed by atoms with Gasteiger partial charge in [-0.25, -0.2) is 0 Å². The molecule has 0 radical (unpaired) electrons. The fourth-order valence-corrected chi connectivity index (χ4v) is 8.33. The van der Waals surface area contributed by atoms with Crippen LogP contribution < -0.4 is 21.0 Å². The van der Waals surface area contributed by atoms with Crippen molar-refractivity contribution < 1.29 is 9.90 Å². The van der Waals surface area contributed by atoms with Gasteiger partial charge < -0.3 is 9.90 Å². The molecule has 0 aliphatic carbocycles. The Labute approximate surface area is 224 Å². The Morgan fingerprint density at radius 1 is 0.730 bits per heavy atom. The van der Waals surface area contributed by atoms with E-state index in [1.165, 1.54) is 32.6 Å². The van der Waals surface area contributed by atoms with E-state index in [0.29, 0.717) is 0 Å². The number of hydrogen-bond donors (Lipinski definition) is 0. The van der Waals surface area contributed by atoms with E-state index in [9.17, 15) is 0 Å². The molecule has 0 spiro atoms. The van der Waals surface area contributed by atoms with Crippen molar-refractivity contribution in [1.82, 2.24) is 0 Å². The van der Waals surface area contributed by atoms with E-state index in [-0.39, 0.29) is 0 Å². The highest BCUT2D eigenvalue weighted by molar-refractivity contribution is 7.95. The lowest BCUT2D eigenvalue weighted by Crippen LogP contribution is -2.33. The van der Waals surface area contributed by atoms with Crippen molar-refractivity contribution in [3.63, 3.8) is 0 Å². The predicted octanol–water partition coefficient (Wildman–Crippen LogP) is 6.54. The van der Waals surface area contributed by atoms with Gasteiger partial charge in [-0.1, -0.05) is 95.6 Å². The van der Waals surface area contributed by atoms with Crippen molar-refractivity contribution in [1.29, 1.82) is 0 Å². The van der Waals surface area contributed by atoms with Gasteiger partial charge >= 0.3 is 0 Å². The van der Waals surface area contributed by atoms with E-state index in [2.05, 4.69) is 149 Å². The molecule has 3 heteroatoms. The van der Waals surface area contributed by atoms with Gasteiger partial charge in [0, 0.05) is 6.47 Å². The molecule has 0 amide bonds. The summed E-state index contributed by atoms with van der Waals surface area (Å²) in [6.07, 6.45) is 14.7. The molecule has 2 nitrogen and oxygen atoms in total. The van der Waals surface area contributed by atoms with Crippen molar-refractivity contribution in [3.05, 3.63) is 138 Å². The minimum absolute atomic E-state index is 0.500. The van der Waals surface area contributed by atoms with Gasteiger partial charge in [0.2, 0.25) is 0 Å². The molecule has 0 fully saturated rings. The van der Waals surface area contributed by atoms with Gasteiger partial charge in [-0.3, -0.25) is 0 Å². The van der Waals surface area contributed by atoms with Crippen LogP contribution in [0.1, 0.15) is 40.5 Å². The zero-order valence-corrected chi connectivity index (χ0v) is 23.4. The van der Waals surface area contributed by atoms with Crippen LogP contribution in [0.4, 0.5) is 0 Å². The monoisotopic (exact) mass is 510 g/mol. The lowest BCUT2D eigenvalue weighted by atomic mass is 10.1. The number of rotatable bonds is 10. The van der Waals surface area contributed by atoms with Crippen molar-refractivity contribution >= 4 is 29.6 Å². The van der Waals surface area contributed by atoms with Gasteiger partial charge in [0.15, 0.2) is 0 Å². The van der Waals surface area contributed by atoms with Crippen LogP contribution in [0.5, 0.6) is 0 Å². The molecule has 0 saturated carbocycles. The van der Waals surface area contributed by atoms with Crippen molar-refractivity contribution in [2.24, 2.45) is 0 Å². The number of carbonyl (C=O) groups is 1. The number of carbonyl (C=O) groups excluding carboxylic acids is 1. The fourth-order valence-electron chi connectivity index (χ4n) is 4.20.